The van der Waals surface area contributed by atoms with Crippen molar-refractivity contribution in [3.63, 3.8) is 0 Å². The number of fused-ring (bicyclic) bond motifs is 1. The highest BCUT2D eigenvalue weighted by Gasteiger charge is 2.53. The van der Waals surface area contributed by atoms with Crippen LogP contribution in [0.15, 0.2) is 54.7 Å². The minimum Gasteiger partial charge on any atom is -0.493 e. The van der Waals surface area contributed by atoms with Crippen molar-refractivity contribution in [2.24, 2.45) is 0 Å². The van der Waals surface area contributed by atoms with E-state index in [1.165, 1.54) is 0 Å². The summed E-state index contributed by atoms with van der Waals surface area (Å²) in [4.78, 5) is 22.4. The Morgan fingerprint density at radius 1 is 0.838 bits per heavy atom. The normalized spacial score (nSPS) is 16.2. The molecule has 0 saturated heterocycles. The van der Waals surface area contributed by atoms with E-state index in [9.17, 15) is 4.79 Å². The highest BCUT2D eigenvalue weighted by Crippen LogP contribution is 2.52. The number of hydrogen-bond acceptors (Lipinski definition) is 7. The number of cyclic esters (lactones) is 1. The lowest BCUT2D eigenvalue weighted by molar-refractivity contribution is 0.0228. The van der Waals surface area contributed by atoms with E-state index in [0.717, 1.165) is 31.0 Å². The maximum atomic E-state index is 13.3. The monoisotopic (exact) mass is 503 g/mol. The van der Waals surface area contributed by atoms with Gasteiger partial charge in [-0.3, -0.25) is 4.98 Å². The first kappa shape index (κ1) is 26.3. The van der Waals surface area contributed by atoms with Gasteiger partial charge in [0.25, 0.3) is 0 Å². The molecule has 0 aliphatic carbocycles. The van der Waals surface area contributed by atoms with Crippen molar-refractivity contribution in [2.45, 2.75) is 40.2 Å². The number of benzene rings is 2. The Morgan fingerprint density at radius 2 is 1.43 bits per heavy atom. The van der Waals surface area contributed by atoms with Crippen LogP contribution in [-0.4, -0.2) is 50.8 Å². The van der Waals surface area contributed by atoms with E-state index in [1.807, 2.05) is 51.2 Å². The zero-order valence-corrected chi connectivity index (χ0v) is 22.7. The molecule has 0 fully saturated rings. The number of carbonyl (C=O) groups is 1. The predicted octanol–water partition coefficient (Wildman–Crippen LogP) is 5.64. The van der Waals surface area contributed by atoms with E-state index in [4.69, 9.17) is 19.2 Å². The second-order valence-corrected chi connectivity index (χ2v) is 8.88. The van der Waals surface area contributed by atoms with Crippen molar-refractivity contribution >= 4 is 17.3 Å². The van der Waals surface area contributed by atoms with Crippen LogP contribution < -0.4 is 19.3 Å². The highest BCUT2D eigenvalue weighted by molar-refractivity contribution is 5.96. The molecular weight excluding hydrogens is 466 g/mol. The van der Waals surface area contributed by atoms with Gasteiger partial charge in [0.15, 0.2) is 0 Å². The van der Waals surface area contributed by atoms with Gasteiger partial charge in [-0.25, -0.2) is 4.79 Å². The van der Waals surface area contributed by atoms with Gasteiger partial charge in [0, 0.05) is 67.5 Å². The van der Waals surface area contributed by atoms with Crippen LogP contribution in [0.3, 0.4) is 0 Å². The van der Waals surface area contributed by atoms with Gasteiger partial charge in [0.1, 0.15) is 17.2 Å². The molecule has 2 heterocycles. The third-order valence-corrected chi connectivity index (χ3v) is 6.94. The Morgan fingerprint density at radius 3 is 2.00 bits per heavy atom. The number of hydrogen-bond donors (Lipinski definition) is 0. The van der Waals surface area contributed by atoms with Gasteiger partial charge in [0.05, 0.1) is 18.8 Å². The fourth-order valence-corrected chi connectivity index (χ4v) is 4.96. The molecule has 1 unspecified atom stereocenters. The summed E-state index contributed by atoms with van der Waals surface area (Å²) in [6.45, 7) is 13.8. The van der Waals surface area contributed by atoms with Gasteiger partial charge < -0.3 is 24.0 Å². The maximum absolute atomic E-state index is 13.3. The number of pyridine rings is 1. The number of esters is 1. The molecule has 1 aliphatic rings. The summed E-state index contributed by atoms with van der Waals surface area (Å²) in [5.74, 6) is 0.868. The van der Waals surface area contributed by atoms with Gasteiger partial charge in [0.2, 0.25) is 5.60 Å². The maximum Gasteiger partial charge on any atom is 0.341 e. The van der Waals surface area contributed by atoms with Crippen LogP contribution in [-0.2, 0) is 10.3 Å². The van der Waals surface area contributed by atoms with Crippen LogP contribution >= 0.6 is 0 Å². The van der Waals surface area contributed by atoms with E-state index in [1.54, 1.807) is 18.3 Å². The second-order valence-electron chi connectivity index (χ2n) is 8.88. The second kappa shape index (κ2) is 11.1. The van der Waals surface area contributed by atoms with Crippen molar-refractivity contribution in [1.29, 1.82) is 0 Å². The third-order valence-electron chi connectivity index (χ3n) is 6.94. The fourth-order valence-electron chi connectivity index (χ4n) is 4.96. The van der Waals surface area contributed by atoms with Crippen LogP contribution in [0.4, 0.5) is 11.4 Å². The lowest BCUT2D eigenvalue weighted by Crippen LogP contribution is -2.32. The molecule has 7 nitrogen and oxygen atoms in total. The topological polar surface area (TPSA) is 64.1 Å². The molecule has 4 rings (SSSR count). The summed E-state index contributed by atoms with van der Waals surface area (Å²) < 4.78 is 18.8. The average molecular weight is 504 g/mol. The smallest absolute Gasteiger partial charge is 0.341 e. The lowest BCUT2D eigenvalue weighted by atomic mass is 9.81. The van der Waals surface area contributed by atoms with E-state index >= 15 is 0 Å². The van der Waals surface area contributed by atoms with E-state index in [0.29, 0.717) is 47.1 Å². The number of nitrogens with zero attached hydrogens (tertiary/aromatic N) is 3. The zero-order chi connectivity index (χ0) is 26.6. The van der Waals surface area contributed by atoms with Crippen LogP contribution in [0.2, 0.25) is 0 Å². The van der Waals surface area contributed by atoms with Crippen molar-refractivity contribution in [1.82, 2.24) is 4.98 Å². The number of aromatic nitrogens is 1. The largest absolute Gasteiger partial charge is 0.493 e. The average Bonchev–Trinajstić information content (AvgIpc) is 3.22. The summed E-state index contributed by atoms with van der Waals surface area (Å²) in [7, 11) is 2.03. The van der Waals surface area contributed by atoms with E-state index in [2.05, 4.69) is 36.6 Å². The lowest BCUT2D eigenvalue weighted by Gasteiger charge is -2.33. The standard InChI is InChI=1S/C30H37N3O4/c1-7-32(6)21-14-16-24(26(19-21)35-10-4)30(28-23(29(34)37-30)13-12-18-31-28)25-17-15-22(33(8-2)9-3)20-27(25)36-11-5/h12-20H,7-11H2,1-6H3. The zero-order valence-electron chi connectivity index (χ0n) is 22.7. The molecule has 0 amide bonds. The van der Waals surface area contributed by atoms with E-state index < -0.39 is 11.6 Å². The molecule has 1 atom stereocenters. The SMILES string of the molecule is CCOc1cc(N(C)CC)ccc1C1(c2ccc(N(CC)CC)cc2OCC)OC(=O)c2cccnc21. The molecule has 0 radical (unpaired) electrons. The summed E-state index contributed by atoms with van der Waals surface area (Å²) >= 11 is 0. The molecule has 0 N–H and O–H groups in total. The summed E-state index contributed by atoms with van der Waals surface area (Å²) in [6.07, 6.45) is 1.69. The minimum absolute atomic E-state index is 0.421. The Kier molecular flexibility index (Phi) is 7.91. The molecule has 0 spiro atoms. The highest BCUT2D eigenvalue weighted by atomic mass is 16.6. The Hall–Kier alpha value is -3.74. The molecule has 0 bridgehead atoms. The molecule has 3 aromatic rings. The van der Waals surface area contributed by atoms with Crippen molar-refractivity contribution < 1.29 is 19.0 Å². The summed E-state index contributed by atoms with van der Waals surface area (Å²) in [5, 5.41) is 0. The van der Waals surface area contributed by atoms with Crippen LogP contribution in [0.1, 0.15) is 61.8 Å². The Balaban J connectivity index is 2.05. The molecule has 37 heavy (non-hydrogen) atoms. The number of ether oxygens (including phenoxy) is 3. The molecule has 1 aromatic heterocycles. The van der Waals surface area contributed by atoms with Crippen molar-refractivity contribution in [2.75, 3.05) is 49.7 Å². The first-order valence-electron chi connectivity index (χ1n) is 13.1. The first-order valence-corrected chi connectivity index (χ1v) is 13.1. The number of anilines is 2. The van der Waals surface area contributed by atoms with Gasteiger partial charge in [-0.2, -0.15) is 0 Å². The van der Waals surface area contributed by atoms with Gasteiger partial charge in [-0.15, -0.1) is 0 Å². The fraction of sp³-hybridized carbons (Fsp3) is 0.400. The molecule has 1 aliphatic heterocycles. The molecule has 2 aromatic carbocycles. The van der Waals surface area contributed by atoms with Crippen molar-refractivity contribution in [3.8, 4) is 11.5 Å². The molecule has 0 saturated carbocycles. The number of rotatable bonds is 11. The Bertz CT molecular complexity index is 1260. The van der Waals surface area contributed by atoms with E-state index in [-0.39, 0.29) is 0 Å². The summed E-state index contributed by atoms with van der Waals surface area (Å²) in [6, 6.07) is 15.6. The molecule has 196 valence electrons. The van der Waals surface area contributed by atoms with Crippen LogP contribution in [0.25, 0.3) is 0 Å². The molecular formula is C30H37N3O4. The van der Waals surface area contributed by atoms with Crippen molar-refractivity contribution in [3.05, 3.63) is 77.1 Å². The van der Waals surface area contributed by atoms with Gasteiger partial charge >= 0.3 is 5.97 Å². The van der Waals surface area contributed by atoms with Crippen LogP contribution in [0, 0.1) is 0 Å². The van der Waals surface area contributed by atoms with Gasteiger partial charge in [-0.05, 0) is 71.0 Å². The quantitative estimate of drug-likeness (QED) is 0.314. The van der Waals surface area contributed by atoms with Gasteiger partial charge in [-0.1, -0.05) is 0 Å². The summed E-state index contributed by atoms with van der Waals surface area (Å²) in [5.41, 5.74) is 3.14. The third kappa shape index (κ3) is 4.59. The molecule has 7 heteroatoms. The first-order chi connectivity index (χ1) is 17.9. The minimum atomic E-state index is -1.33. The predicted molar refractivity (Wildman–Crippen MR) is 147 cm³/mol. The Labute approximate surface area is 220 Å². The van der Waals surface area contributed by atoms with Crippen LogP contribution in [0.5, 0.6) is 11.5 Å². The number of carbonyl (C=O) groups excluding carboxylic acids is 1.